The molecule has 0 aromatic carbocycles. The second-order valence-electron chi connectivity index (χ2n) is 2.24. The van der Waals surface area contributed by atoms with Crippen LogP contribution in [0.2, 0.25) is 0 Å². The van der Waals surface area contributed by atoms with Gasteiger partial charge < -0.3 is 26.8 Å². The first-order valence-electron chi connectivity index (χ1n) is 3.35. The van der Waals surface area contributed by atoms with Crippen LogP contribution in [-0.4, -0.2) is 29.0 Å². The first-order chi connectivity index (χ1) is 5.83. The molecule has 0 spiro atoms. The van der Waals surface area contributed by atoms with Gasteiger partial charge in [0.15, 0.2) is 0 Å². The summed E-state index contributed by atoms with van der Waals surface area (Å²) in [6, 6.07) is 0. The van der Waals surface area contributed by atoms with Crippen molar-refractivity contribution in [3.8, 4) is 0 Å². The average Bonchev–Trinajstić information content (AvgIpc) is 1.95. The van der Waals surface area contributed by atoms with Crippen LogP contribution in [0.3, 0.4) is 0 Å². The minimum Gasteiger partial charge on any atom is -0.460 e. The predicted octanol–water partition coefficient (Wildman–Crippen LogP) is 0.539. The second kappa shape index (κ2) is 8.54. The molecule has 0 amide bonds. The number of carbonyl (C=O) groups is 1. The van der Waals surface area contributed by atoms with Crippen LogP contribution in [0.25, 0.3) is 0 Å². The smallest absolute Gasteiger partial charge is 0.460 e. The number of phosphoric ester groups is 1. The van der Waals surface area contributed by atoms with Gasteiger partial charge in [0.25, 0.3) is 0 Å². The molecule has 8 nitrogen and oxygen atoms in total. The van der Waals surface area contributed by atoms with Crippen LogP contribution >= 0.6 is 7.82 Å². The maximum atomic E-state index is 10.7. The van der Waals surface area contributed by atoms with E-state index in [1.807, 2.05) is 0 Å². The SMILES string of the molecule is C=C(C)C(=O)OCCOP(=O)(O)O.N.N. The summed E-state index contributed by atoms with van der Waals surface area (Å²) >= 11 is 0. The van der Waals surface area contributed by atoms with Crippen molar-refractivity contribution in [1.29, 1.82) is 0 Å². The molecule has 0 saturated carbocycles. The van der Waals surface area contributed by atoms with Gasteiger partial charge in [-0.2, -0.15) is 0 Å². The fourth-order valence-corrected chi connectivity index (χ4v) is 0.726. The summed E-state index contributed by atoms with van der Waals surface area (Å²) < 4.78 is 18.6. The Balaban J connectivity index is -0.000000720. The highest BCUT2D eigenvalue weighted by Gasteiger charge is 2.13. The molecule has 9 heteroatoms. The summed E-state index contributed by atoms with van der Waals surface area (Å²) in [4.78, 5) is 27.1. The highest BCUT2D eigenvalue weighted by Crippen LogP contribution is 2.35. The van der Waals surface area contributed by atoms with Gasteiger partial charge in [-0.1, -0.05) is 6.58 Å². The van der Waals surface area contributed by atoms with Crippen LogP contribution in [0.5, 0.6) is 0 Å². The minimum atomic E-state index is -4.46. The molecule has 0 aliphatic carbocycles. The van der Waals surface area contributed by atoms with Gasteiger partial charge in [-0.25, -0.2) is 9.36 Å². The van der Waals surface area contributed by atoms with Crippen molar-refractivity contribution in [1.82, 2.24) is 12.3 Å². The number of ether oxygens (including phenoxy) is 1. The van der Waals surface area contributed by atoms with Crippen LogP contribution in [-0.2, 0) is 18.6 Å². The van der Waals surface area contributed by atoms with Crippen molar-refractivity contribution in [3.63, 3.8) is 0 Å². The summed E-state index contributed by atoms with van der Waals surface area (Å²) in [7, 11) is -4.46. The lowest BCUT2D eigenvalue weighted by molar-refractivity contribution is -0.139. The van der Waals surface area contributed by atoms with E-state index in [1.54, 1.807) is 0 Å². The maximum Gasteiger partial charge on any atom is 0.469 e. The molecule has 0 fully saturated rings. The molecular weight excluding hydrogens is 227 g/mol. The van der Waals surface area contributed by atoms with Crippen molar-refractivity contribution >= 4 is 13.8 Å². The van der Waals surface area contributed by atoms with Gasteiger partial charge in [-0.05, 0) is 6.92 Å². The third-order valence-corrected chi connectivity index (χ3v) is 1.44. The van der Waals surface area contributed by atoms with Crippen molar-refractivity contribution in [2.45, 2.75) is 6.92 Å². The lowest BCUT2D eigenvalue weighted by Crippen LogP contribution is -2.10. The number of hydrogen-bond donors (Lipinski definition) is 4. The van der Waals surface area contributed by atoms with Crippen molar-refractivity contribution in [2.75, 3.05) is 13.2 Å². The summed E-state index contributed by atoms with van der Waals surface area (Å²) in [6.45, 7) is 4.22. The molecular formula is C6H17N2O6P. The van der Waals surface area contributed by atoms with Crippen molar-refractivity contribution in [2.24, 2.45) is 0 Å². The van der Waals surface area contributed by atoms with E-state index in [0.29, 0.717) is 0 Å². The Hall–Kier alpha value is -0.760. The van der Waals surface area contributed by atoms with Gasteiger partial charge in [0.1, 0.15) is 6.61 Å². The zero-order valence-electron chi connectivity index (χ0n) is 8.51. The zero-order chi connectivity index (χ0) is 10.5. The van der Waals surface area contributed by atoms with Gasteiger partial charge in [-0.15, -0.1) is 0 Å². The first kappa shape index (κ1) is 19.8. The lowest BCUT2D eigenvalue weighted by Gasteiger charge is -2.05. The van der Waals surface area contributed by atoms with Crippen molar-refractivity contribution in [3.05, 3.63) is 12.2 Å². The Bertz CT molecular complexity index is 250. The summed E-state index contributed by atoms with van der Waals surface area (Å²) in [5.74, 6) is -0.616. The summed E-state index contributed by atoms with van der Waals surface area (Å²) in [6.07, 6.45) is 0. The van der Waals surface area contributed by atoms with E-state index < -0.39 is 13.8 Å². The average molecular weight is 244 g/mol. The van der Waals surface area contributed by atoms with E-state index in [2.05, 4.69) is 15.8 Å². The largest absolute Gasteiger partial charge is 0.469 e. The number of phosphoric acid groups is 1. The molecule has 0 saturated heterocycles. The van der Waals surface area contributed by atoms with E-state index in [0.717, 1.165) is 0 Å². The molecule has 0 aromatic rings. The number of esters is 1. The fourth-order valence-electron chi connectivity index (χ4n) is 0.414. The Morgan fingerprint density at radius 1 is 1.33 bits per heavy atom. The molecule has 0 aromatic heterocycles. The fraction of sp³-hybridized carbons (Fsp3) is 0.500. The Morgan fingerprint density at radius 2 is 1.80 bits per heavy atom. The summed E-state index contributed by atoms with van der Waals surface area (Å²) in [5.41, 5.74) is 0.219. The van der Waals surface area contributed by atoms with Gasteiger partial charge in [0, 0.05) is 5.57 Å². The molecule has 0 aliphatic rings. The summed E-state index contributed by atoms with van der Waals surface area (Å²) in [5, 5.41) is 0. The molecule has 0 aliphatic heterocycles. The van der Waals surface area contributed by atoms with E-state index in [-0.39, 0.29) is 31.1 Å². The molecule has 0 radical (unpaired) electrons. The van der Waals surface area contributed by atoms with E-state index >= 15 is 0 Å². The highest BCUT2D eigenvalue weighted by atomic mass is 31.2. The van der Waals surface area contributed by atoms with Gasteiger partial charge >= 0.3 is 13.8 Å². The normalized spacial score (nSPS) is 9.53. The zero-order valence-corrected chi connectivity index (χ0v) is 9.40. The third-order valence-electron chi connectivity index (χ3n) is 0.924. The quantitative estimate of drug-likeness (QED) is 0.235. The Kier molecular flexibility index (Phi) is 11.2. The second-order valence-corrected chi connectivity index (χ2v) is 3.48. The lowest BCUT2D eigenvalue weighted by atomic mass is 10.4. The monoisotopic (exact) mass is 244 g/mol. The molecule has 0 bridgehead atoms. The number of hydrogen-bond acceptors (Lipinski definition) is 6. The Labute approximate surface area is 87.7 Å². The van der Waals surface area contributed by atoms with Gasteiger partial charge in [0.2, 0.25) is 0 Å². The van der Waals surface area contributed by atoms with E-state index in [1.165, 1.54) is 6.92 Å². The minimum absolute atomic E-state index is 0. The van der Waals surface area contributed by atoms with Gasteiger partial charge in [-0.3, -0.25) is 4.52 Å². The highest BCUT2D eigenvalue weighted by molar-refractivity contribution is 7.46. The predicted molar refractivity (Wildman–Crippen MR) is 53.8 cm³/mol. The van der Waals surface area contributed by atoms with E-state index in [4.69, 9.17) is 9.79 Å². The van der Waals surface area contributed by atoms with Crippen LogP contribution < -0.4 is 12.3 Å². The van der Waals surface area contributed by atoms with Gasteiger partial charge in [0.05, 0.1) is 6.61 Å². The molecule has 15 heavy (non-hydrogen) atoms. The number of rotatable bonds is 5. The van der Waals surface area contributed by atoms with Crippen LogP contribution in [0.4, 0.5) is 0 Å². The molecule has 0 rings (SSSR count). The van der Waals surface area contributed by atoms with Crippen LogP contribution in [0, 0.1) is 0 Å². The van der Waals surface area contributed by atoms with Crippen LogP contribution in [0.15, 0.2) is 12.2 Å². The topological polar surface area (TPSA) is 163 Å². The standard InChI is InChI=1S/C6H11O6P.2H3N/c1-5(2)6(7)11-3-4-12-13(8,9)10;;/h1,3-4H2,2H3,(H2,8,9,10);2*1H3. The molecule has 0 atom stereocenters. The molecule has 0 heterocycles. The van der Waals surface area contributed by atoms with Crippen LogP contribution in [0.1, 0.15) is 6.92 Å². The first-order valence-corrected chi connectivity index (χ1v) is 4.88. The Morgan fingerprint density at radius 3 is 2.13 bits per heavy atom. The molecule has 92 valence electrons. The molecule has 0 unspecified atom stereocenters. The molecule has 8 N–H and O–H groups in total. The van der Waals surface area contributed by atoms with Crippen molar-refractivity contribution < 1.29 is 28.4 Å². The van der Waals surface area contributed by atoms with E-state index in [9.17, 15) is 9.36 Å². The maximum absolute atomic E-state index is 10.7. The third kappa shape index (κ3) is 13.2. The number of carbonyl (C=O) groups excluding carboxylic acids is 1.